The number of fused-ring (bicyclic) bond motifs is 1. The van der Waals surface area contributed by atoms with Crippen LogP contribution in [0.5, 0.6) is 5.75 Å². The van der Waals surface area contributed by atoms with Crippen LogP contribution in [0.2, 0.25) is 0 Å². The number of hydrogen-bond acceptors (Lipinski definition) is 5. The van der Waals surface area contributed by atoms with E-state index < -0.39 is 17.7 Å². The molecule has 0 radical (unpaired) electrons. The molecular weight excluding hydrogens is 284 g/mol. The number of nitriles is 1. The Labute approximate surface area is 129 Å². The van der Waals surface area contributed by atoms with Gasteiger partial charge in [0.2, 0.25) is 0 Å². The molecule has 6 nitrogen and oxygen atoms in total. The van der Waals surface area contributed by atoms with Crippen LogP contribution in [0, 0.1) is 11.3 Å². The molecule has 0 aromatic heterocycles. The average molecular weight is 304 g/mol. The van der Waals surface area contributed by atoms with Crippen molar-refractivity contribution in [3.05, 3.63) is 29.3 Å². The second kappa shape index (κ2) is 6.24. The highest BCUT2D eigenvalue weighted by atomic mass is 16.6. The minimum Gasteiger partial charge on any atom is -0.491 e. The summed E-state index contributed by atoms with van der Waals surface area (Å²) in [5, 5.41) is 18.5. The Bertz CT molecular complexity index is 601. The largest absolute Gasteiger partial charge is 0.491 e. The first kappa shape index (κ1) is 16.1. The molecule has 1 amide bonds. The van der Waals surface area contributed by atoms with Gasteiger partial charge in [-0.3, -0.25) is 4.90 Å². The van der Waals surface area contributed by atoms with Gasteiger partial charge in [-0.05, 0) is 39.0 Å². The topological polar surface area (TPSA) is 82.8 Å². The Morgan fingerprint density at radius 1 is 1.55 bits per heavy atom. The van der Waals surface area contributed by atoms with Gasteiger partial charge in [0.05, 0.1) is 30.8 Å². The average Bonchev–Trinajstić information content (AvgIpc) is 2.63. The molecule has 1 aliphatic heterocycles. The number of benzene rings is 1. The molecule has 1 heterocycles. The first-order valence-electron chi connectivity index (χ1n) is 7.10. The predicted molar refractivity (Wildman–Crippen MR) is 79.3 cm³/mol. The summed E-state index contributed by atoms with van der Waals surface area (Å²) in [6.07, 6.45) is -0.509. The fraction of sp³-hybridized carbons (Fsp3) is 0.500. The van der Waals surface area contributed by atoms with E-state index in [-0.39, 0.29) is 19.8 Å². The molecular formula is C16H20N2O4. The number of rotatable bonds is 1. The van der Waals surface area contributed by atoms with E-state index in [9.17, 15) is 9.90 Å². The van der Waals surface area contributed by atoms with Crippen LogP contribution >= 0.6 is 0 Å². The fourth-order valence-electron chi connectivity index (χ4n) is 2.19. The lowest BCUT2D eigenvalue weighted by atomic mass is 10.1. The lowest BCUT2D eigenvalue weighted by molar-refractivity contribution is 0.00307. The summed E-state index contributed by atoms with van der Waals surface area (Å²) in [7, 11) is 0. The van der Waals surface area contributed by atoms with Crippen molar-refractivity contribution in [3.63, 3.8) is 0 Å². The minimum atomic E-state index is -0.623. The molecule has 1 atom stereocenters. The number of amides is 1. The number of hydrogen-bond donors (Lipinski definition) is 1. The highest BCUT2D eigenvalue weighted by Crippen LogP contribution is 2.27. The first-order chi connectivity index (χ1) is 10.3. The van der Waals surface area contributed by atoms with Gasteiger partial charge in [-0.2, -0.15) is 5.26 Å². The summed E-state index contributed by atoms with van der Waals surface area (Å²) in [5.74, 6) is 0.614. The summed E-state index contributed by atoms with van der Waals surface area (Å²) in [4.78, 5) is 13.8. The standard InChI is InChI=1S/C16H20N2O4/c1-16(2,3)22-15(20)18-8-12-6-11(7-17)4-5-14(12)21-10-13(18)9-19/h4-6,13,19H,8-10H2,1-3H3. The third kappa shape index (κ3) is 3.68. The SMILES string of the molecule is CC(C)(C)OC(=O)N1Cc2cc(C#N)ccc2OCC1CO. The van der Waals surface area contributed by atoms with Gasteiger partial charge in [0, 0.05) is 5.56 Å². The van der Waals surface area contributed by atoms with Crippen LogP contribution in [0.3, 0.4) is 0 Å². The highest BCUT2D eigenvalue weighted by Gasteiger charge is 2.31. The molecule has 0 saturated carbocycles. The van der Waals surface area contributed by atoms with E-state index in [1.165, 1.54) is 4.90 Å². The molecule has 0 aliphatic carbocycles. The second-order valence-corrected chi connectivity index (χ2v) is 6.19. The van der Waals surface area contributed by atoms with Gasteiger partial charge < -0.3 is 14.6 Å². The number of nitrogens with zero attached hydrogens (tertiary/aromatic N) is 2. The van der Waals surface area contributed by atoms with Crippen molar-refractivity contribution in [2.75, 3.05) is 13.2 Å². The number of ether oxygens (including phenoxy) is 2. The van der Waals surface area contributed by atoms with Crippen LogP contribution in [0.1, 0.15) is 31.9 Å². The Morgan fingerprint density at radius 2 is 2.27 bits per heavy atom. The Morgan fingerprint density at radius 3 is 2.86 bits per heavy atom. The maximum absolute atomic E-state index is 12.4. The van der Waals surface area contributed by atoms with Gasteiger partial charge in [0.1, 0.15) is 18.0 Å². The molecule has 6 heteroatoms. The number of aliphatic hydroxyl groups is 1. The first-order valence-corrected chi connectivity index (χ1v) is 7.10. The minimum absolute atomic E-state index is 0.175. The van der Waals surface area contributed by atoms with E-state index in [1.807, 2.05) is 0 Å². The molecule has 1 aromatic rings. The maximum atomic E-state index is 12.4. The summed E-state index contributed by atoms with van der Waals surface area (Å²) >= 11 is 0. The zero-order valence-corrected chi connectivity index (χ0v) is 13.0. The van der Waals surface area contributed by atoms with Crippen molar-refractivity contribution in [2.45, 2.75) is 39.0 Å². The molecule has 0 saturated heterocycles. The Kier molecular flexibility index (Phi) is 4.57. The van der Waals surface area contributed by atoms with Gasteiger partial charge in [-0.1, -0.05) is 0 Å². The highest BCUT2D eigenvalue weighted by molar-refractivity contribution is 5.69. The van der Waals surface area contributed by atoms with Crippen molar-refractivity contribution < 1.29 is 19.4 Å². The molecule has 1 unspecified atom stereocenters. The molecule has 0 bridgehead atoms. The van der Waals surface area contributed by atoms with Crippen LogP contribution in [-0.4, -0.2) is 41.0 Å². The zero-order chi connectivity index (χ0) is 16.3. The van der Waals surface area contributed by atoms with E-state index in [1.54, 1.807) is 39.0 Å². The van der Waals surface area contributed by atoms with Crippen LogP contribution < -0.4 is 4.74 Å². The maximum Gasteiger partial charge on any atom is 0.411 e. The molecule has 2 rings (SSSR count). The van der Waals surface area contributed by atoms with E-state index in [4.69, 9.17) is 14.7 Å². The third-order valence-corrected chi connectivity index (χ3v) is 3.24. The van der Waals surface area contributed by atoms with Gasteiger partial charge in [0.15, 0.2) is 0 Å². The van der Waals surface area contributed by atoms with Crippen molar-refractivity contribution in [1.29, 1.82) is 5.26 Å². The van der Waals surface area contributed by atoms with E-state index in [0.29, 0.717) is 11.3 Å². The summed E-state index contributed by atoms with van der Waals surface area (Å²) in [5.41, 5.74) is 0.594. The number of aliphatic hydroxyl groups excluding tert-OH is 1. The van der Waals surface area contributed by atoms with Gasteiger partial charge in [0.25, 0.3) is 0 Å². The normalized spacial score (nSPS) is 17.8. The molecule has 1 aliphatic rings. The Balaban J connectivity index is 2.30. The quantitative estimate of drug-likeness (QED) is 0.858. The number of carbonyl (C=O) groups is 1. The molecule has 0 spiro atoms. The zero-order valence-electron chi connectivity index (χ0n) is 13.0. The molecule has 1 aromatic carbocycles. The van der Waals surface area contributed by atoms with E-state index in [2.05, 4.69) is 6.07 Å². The number of carbonyl (C=O) groups excluding carboxylic acids is 1. The lowest BCUT2D eigenvalue weighted by Crippen LogP contribution is -2.46. The molecule has 118 valence electrons. The van der Waals surface area contributed by atoms with Gasteiger partial charge in [-0.25, -0.2) is 4.79 Å². The molecule has 0 fully saturated rings. The molecule has 22 heavy (non-hydrogen) atoms. The Hall–Kier alpha value is -2.26. The van der Waals surface area contributed by atoms with Crippen LogP contribution in [0.15, 0.2) is 18.2 Å². The fourth-order valence-corrected chi connectivity index (χ4v) is 2.19. The summed E-state index contributed by atoms with van der Waals surface area (Å²) in [6.45, 7) is 5.54. The van der Waals surface area contributed by atoms with Crippen molar-refractivity contribution in [1.82, 2.24) is 4.90 Å². The van der Waals surface area contributed by atoms with Crippen LogP contribution in [0.25, 0.3) is 0 Å². The lowest BCUT2D eigenvalue weighted by Gasteiger charge is -2.30. The van der Waals surface area contributed by atoms with Crippen LogP contribution in [0.4, 0.5) is 4.79 Å². The van der Waals surface area contributed by atoms with E-state index >= 15 is 0 Å². The monoisotopic (exact) mass is 304 g/mol. The van der Waals surface area contributed by atoms with Crippen molar-refractivity contribution >= 4 is 6.09 Å². The van der Waals surface area contributed by atoms with Crippen molar-refractivity contribution in [2.24, 2.45) is 0 Å². The predicted octanol–water partition coefficient (Wildman–Crippen LogP) is 2.05. The molecule has 1 N–H and O–H groups in total. The van der Waals surface area contributed by atoms with E-state index in [0.717, 1.165) is 5.56 Å². The van der Waals surface area contributed by atoms with Gasteiger partial charge in [-0.15, -0.1) is 0 Å². The smallest absolute Gasteiger partial charge is 0.411 e. The van der Waals surface area contributed by atoms with Crippen molar-refractivity contribution in [3.8, 4) is 11.8 Å². The second-order valence-electron chi connectivity index (χ2n) is 6.19. The van der Waals surface area contributed by atoms with Crippen LogP contribution in [-0.2, 0) is 11.3 Å². The third-order valence-electron chi connectivity index (χ3n) is 3.24. The summed E-state index contributed by atoms with van der Waals surface area (Å²) in [6, 6.07) is 6.63. The summed E-state index contributed by atoms with van der Waals surface area (Å²) < 4.78 is 11.0. The van der Waals surface area contributed by atoms with Gasteiger partial charge >= 0.3 is 6.09 Å².